The predicted molar refractivity (Wildman–Crippen MR) is 67.9 cm³/mol. The van der Waals surface area contributed by atoms with E-state index in [1.54, 1.807) is 6.20 Å². The van der Waals surface area contributed by atoms with E-state index >= 15 is 0 Å². The maximum Gasteiger partial charge on any atom is 0.0778 e. The summed E-state index contributed by atoms with van der Waals surface area (Å²) < 4.78 is 2.84. The molecule has 0 radical (unpaired) electrons. The van der Waals surface area contributed by atoms with Crippen LogP contribution in [-0.4, -0.2) is 21.0 Å². The number of aliphatic hydroxyl groups excluding tert-OH is 1. The molecule has 1 N–H and O–H groups in total. The molecule has 1 aliphatic carbocycles. The van der Waals surface area contributed by atoms with Crippen LogP contribution in [0.15, 0.2) is 16.7 Å². The minimum atomic E-state index is -0.347. The predicted octanol–water partition coefficient (Wildman–Crippen LogP) is 2.75. The van der Waals surface area contributed by atoms with Gasteiger partial charge in [-0.15, -0.1) is 0 Å². The molecule has 16 heavy (non-hydrogen) atoms. The number of nitrogens with zero attached hydrogens (tertiary/aromatic N) is 2. The largest absolute Gasteiger partial charge is 0.389 e. The van der Waals surface area contributed by atoms with Gasteiger partial charge in [-0.2, -0.15) is 5.10 Å². The quantitative estimate of drug-likeness (QED) is 0.861. The Balaban J connectivity index is 2.41. The van der Waals surface area contributed by atoms with Crippen LogP contribution in [0.4, 0.5) is 0 Å². The molecule has 3 nitrogen and oxygen atoms in total. The molecule has 0 amide bonds. The van der Waals surface area contributed by atoms with Crippen molar-refractivity contribution in [3.8, 4) is 0 Å². The van der Waals surface area contributed by atoms with Gasteiger partial charge in [0, 0.05) is 7.05 Å². The van der Waals surface area contributed by atoms with Crippen molar-refractivity contribution < 1.29 is 5.11 Å². The van der Waals surface area contributed by atoms with Gasteiger partial charge in [-0.3, -0.25) is 4.68 Å². The zero-order valence-corrected chi connectivity index (χ0v) is 11.5. The first-order valence-electron chi connectivity index (χ1n) is 5.46. The lowest BCUT2D eigenvalue weighted by Crippen LogP contribution is -2.25. The molecule has 0 saturated heterocycles. The van der Waals surface area contributed by atoms with Crippen molar-refractivity contribution in [3.05, 3.63) is 22.4 Å². The van der Waals surface area contributed by atoms with E-state index in [-0.39, 0.29) is 11.5 Å². The monoisotopic (exact) mass is 284 g/mol. The summed E-state index contributed by atoms with van der Waals surface area (Å²) in [5.41, 5.74) is 2.40. The maximum atomic E-state index is 9.87. The highest BCUT2D eigenvalue weighted by atomic mass is 79.9. The second-order valence-corrected chi connectivity index (χ2v) is 6.12. The van der Waals surface area contributed by atoms with Gasteiger partial charge >= 0.3 is 0 Å². The van der Waals surface area contributed by atoms with Crippen molar-refractivity contribution in [2.75, 3.05) is 0 Å². The van der Waals surface area contributed by atoms with Gasteiger partial charge in [-0.05, 0) is 39.8 Å². The molecule has 0 fully saturated rings. The lowest BCUT2D eigenvalue weighted by molar-refractivity contribution is 0.146. The Morgan fingerprint density at radius 2 is 2.25 bits per heavy atom. The summed E-state index contributed by atoms with van der Waals surface area (Å²) in [7, 11) is 1.93. The Labute approximate surface area is 104 Å². The van der Waals surface area contributed by atoms with Crippen molar-refractivity contribution in [2.24, 2.45) is 12.5 Å². The number of aliphatic hydroxyl groups is 1. The summed E-state index contributed by atoms with van der Waals surface area (Å²) in [6.07, 6.45) is 5.20. The topological polar surface area (TPSA) is 38.0 Å². The Bertz CT molecular complexity index is 415. The van der Waals surface area contributed by atoms with E-state index in [1.165, 1.54) is 5.57 Å². The SMILES string of the molecule is Cn1ncc(Br)c1C1=CC(O)CC(C)(C)C1. The molecule has 4 heteroatoms. The van der Waals surface area contributed by atoms with Crippen molar-refractivity contribution in [1.82, 2.24) is 9.78 Å². The first-order valence-corrected chi connectivity index (χ1v) is 6.25. The van der Waals surface area contributed by atoms with Crippen LogP contribution in [0.5, 0.6) is 0 Å². The summed E-state index contributed by atoms with van der Waals surface area (Å²) in [5.74, 6) is 0. The number of hydrogen-bond donors (Lipinski definition) is 1. The normalized spacial score (nSPS) is 24.3. The highest BCUT2D eigenvalue weighted by Crippen LogP contribution is 2.40. The van der Waals surface area contributed by atoms with Gasteiger partial charge in [0.25, 0.3) is 0 Å². The molecular formula is C12H17BrN2O. The van der Waals surface area contributed by atoms with Gasteiger partial charge < -0.3 is 5.11 Å². The lowest BCUT2D eigenvalue weighted by Gasteiger charge is -2.32. The maximum absolute atomic E-state index is 9.87. The van der Waals surface area contributed by atoms with Crippen LogP contribution in [0.25, 0.3) is 5.57 Å². The van der Waals surface area contributed by atoms with E-state index in [1.807, 2.05) is 17.8 Å². The Morgan fingerprint density at radius 3 is 2.75 bits per heavy atom. The first kappa shape index (κ1) is 11.9. The van der Waals surface area contributed by atoms with Crippen LogP contribution in [0, 0.1) is 5.41 Å². The average Bonchev–Trinajstić information content (AvgIpc) is 2.42. The van der Waals surface area contributed by atoms with Gasteiger partial charge in [0.15, 0.2) is 0 Å². The standard InChI is InChI=1S/C12H17BrN2O/c1-12(2)5-8(4-9(16)6-12)11-10(13)7-14-15(11)3/h4,7,9,16H,5-6H2,1-3H3. The molecule has 1 heterocycles. The molecule has 1 atom stereocenters. The molecule has 1 aromatic heterocycles. The summed E-state index contributed by atoms with van der Waals surface area (Å²) in [4.78, 5) is 0. The molecule has 88 valence electrons. The van der Waals surface area contributed by atoms with E-state index in [9.17, 15) is 5.11 Å². The second kappa shape index (κ2) is 4.00. The van der Waals surface area contributed by atoms with E-state index < -0.39 is 0 Å². The zero-order chi connectivity index (χ0) is 11.9. The van der Waals surface area contributed by atoms with Crippen molar-refractivity contribution in [3.63, 3.8) is 0 Å². The van der Waals surface area contributed by atoms with E-state index in [2.05, 4.69) is 34.9 Å². The molecule has 0 aromatic carbocycles. The lowest BCUT2D eigenvalue weighted by atomic mass is 9.75. The Hall–Kier alpha value is -0.610. The van der Waals surface area contributed by atoms with Crippen LogP contribution in [0.2, 0.25) is 0 Å². The van der Waals surface area contributed by atoms with Crippen LogP contribution >= 0.6 is 15.9 Å². The Morgan fingerprint density at radius 1 is 1.56 bits per heavy atom. The molecule has 0 bridgehead atoms. The third-order valence-corrected chi connectivity index (χ3v) is 3.60. The molecule has 2 rings (SSSR count). The van der Waals surface area contributed by atoms with Crippen LogP contribution < -0.4 is 0 Å². The second-order valence-electron chi connectivity index (χ2n) is 5.27. The fourth-order valence-electron chi connectivity index (χ4n) is 2.44. The van der Waals surface area contributed by atoms with Gasteiger partial charge in [-0.25, -0.2) is 0 Å². The van der Waals surface area contributed by atoms with Crippen LogP contribution in [-0.2, 0) is 7.05 Å². The highest BCUT2D eigenvalue weighted by molar-refractivity contribution is 9.10. The van der Waals surface area contributed by atoms with E-state index in [0.29, 0.717) is 0 Å². The number of aryl methyl sites for hydroxylation is 1. The smallest absolute Gasteiger partial charge is 0.0778 e. The average molecular weight is 285 g/mol. The van der Waals surface area contributed by atoms with E-state index in [4.69, 9.17) is 0 Å². The highest BCUT2D eigenvalue weighted by Gasteiger charge is 2.29. The van der Waals surface area contributed by atoms with Gasteiger partial charge in [0.1, 0.15) is 0 Å². The number of halogens is 1. The molecule has 1 aliphatic rings. The molecule has 0 saturated carbocycles. The minimum absolute atomic E-state index is 0.146. The summed E-state index contributed by atoms with van der Waals surface area (Å²) in [6, 6.07) is 0. The number of rotatable bonds is 1. The summed E-state index contributed by atoms with van der Waals surface area (Å²) in [5, 5.41) is 14.1. The molecule has 1 aromatic rings. The van der Waals surface area contributed by atoms with Crippen molar-refractivity contribution in [1.29, 1.82) is 0 Å². The minimum Gasteiger partial charge on any atom is -0.389 e. The first-order chi connectivity index (χ1) is 7.39. The van der Waals surface area contributed by atoms with Crippen molar-refractivity contribution >= 4 is 21.5 Å². The van der Waals surface area contributed by atoms with Crippen LogP contribution in [0.1, 0.15) is 32.4 Å². The summed E-state index contributed by atoms with van der Waals surface area (Å²) >= 11 is 3.50. The molecular weight excluding hydrogens is 268 g/mol. The summed E-state index contributed by atoms with van der Waals surface area (Å²) in [6.45, 7) is 4.38. The third-order valence-electron chi connectivity index (χ3n) is 3.02. The molecule has 0 spiro atoms. The van der Waals surface area contributed by atoms with E-state index in [0.717, 1.165) is 23.0 Å². The fourth-order valence-corrected chi connectivity index (χ4v) is 3.04. The van der Waals surface area contributed by atoms with Crippen molar-refractivity contribution in [2.45, 2.75) is 32.8 Å². The van der Waals surface area contributed by atoms with Gasteiger partial charge in [0.2, 0.25) is 0 Å². The Kier molecular flexibility index (Phi) is 2.97. The molecule has 0 aliphatic heterocycles. The zero-order valence-electron chi connectivity index (χ0n) is 9.87. The van der Waals surface area contributed by atoms with Gasteiger partial charge in [0.05, 0.1) is 22.5 Å². The van der Waals surface area contributed by atoms with Crippen LogP contribution in [0.3, 0.4) is 0 Å². The van der Waals surface area contributed by atoms with Gasteiger partial charge in [-0.1, -0.05) is 19.9 Å². The fraction of sp³-hybridized carbons (Fsp3) is 0.583. The third kappa shape index (κ3) is 2.23. The number of hydrogen-bond acceptors (Lipinski definition) is 2. The molecule has 1 unspecified atom stereocenters. The number of allylic oxidation sites excluding steroid dienone is 1. The number of aromatic nitrogens is 2.